The maximum Gasteiger partial charge on any atom is 0.352 e. The van der Waals surface area contributed by atoms with E-state index < -0.39 is 5.97 Å². The molecule has 0 unspecified atom stereocenters. The summed E-state index contributed by atoms with van der Waals surface area (Å²) >= 11 is 0. The fraction of sp³-hybridized carbons (Fsp3) is 0.273. The zero-order valence-electron chi connectivity index (χ0n) is 8.05. The van der Waals surface area contributed by atoms with Gasteiger partial charge in [-0.3, -0.25) is 4.40 Å². The quantitative estimate of drug-likeness (QED) is 0.809. The molecule has 1 fully saturated rings. The molecule has 0 saturated heterocycles. The number of nitrogens with zero attached hydrogens (tertiary/aromatic N) is 2. The van der Waals surface area contributed by atoms with Crippen LogP contribution in [-0.4, -0.2) is 20.5 Å². The van der Waals surface area contributed by atoms with Crippen LogP contribution in [0.2, 0.25) is 0 Å². The molecule has 1 aliphatic carbocycles. The first kappa shape index (κ1) is 8.47. The highest BCUT2D eigenvalue weighted by Gasteiger charge is 2.26. The Labute approximate surface area is 86.2 Å². The van der Waals surface area contributed by atoms with Crippen LogP contribution in [0.15, 0.2) is 24.4 Å². The summed E-state index contributed by atoms with van der Waals surface area (Å²) in [5, 5.41) is 9.00. The first-order valence-electron chi connectivity index (χ1n) is 4.97. The van der Waals surface area contributed by atoms with Crippen molar-refractivity contribution >= 4 is 11.6 Å². The molecule has 0 aliphatic heterocycles. The van der Waals surface area contributed by atoms with Crippen LogP contribution in [0.25, 0.3) is 5.65 Å². The van der Waals surface area contributed by atoms with Crippen LogP contribution in [0.1, 0.15) is 34.9 Å². The number of aromatic nitrogens is 2. The first-order chi connectivity index (χ1) is 7.25. The van der Waals surface area contributed by atoms with Crippen LogP contribution in [0.3, 0.4) is 0 Å². The number of pyridine rings is 1. The monoisotopic (exact) mass is 202 g/mol. The van der Waals surface area contributed by atoms with Crippen molar-refractivity contribution in [3.8, 4) is 0 Å². The lowest BCUT2D eigenvalue weighted by molar-refractivity contribution is 0.0689. The maximum absolute atomic E-state index is 11.0. The molecule has 0 amide bonds. The molecular formula is C11H10N2O2. The van der Waals surface area contributed by atoms with Gasteiger partial charge in [-0.1, -0.05) is 6.07 Å². The zero-order chi connectivity index (χ0) is 10.4. The average molecular weight is 202 g/mol. The van der Waals surface area contributed by atoms with Crippen LogP contribution in [0, 0.1) is 0 Å². The van der Waals surface area contributed by atoms with E-state index in [1.165, 1.54) is 12.8 Å². The van der Waals surface area contributed by atoms with Crippen molar-refractivity contribution < 1.29 is 9.90 Å². The van der Waals surface area contributed by atoms with Gasteiger partial charge in [0.2, 0.25) is 0 Å². The minimum absolute atomic E-state index is 0.270. The first-order valence-corrected chi connectivity index (χ1v) is 4.97. The van der Waals surface area contributed by atoms with E-state index in [1.54, 1.807) is 16.5 Å². The molecule has 15 heavy (non-hydrogen) atoms. The Morgan fingerprint density at radius 1 is 1.47 bits per heavy atom. The summed E-state index contributed by atoms with van der Waals surface area (Å²) in [6, 6.07) is 5.15. The average Bonchev–Trinajstić information content (AvgIpc) is 2.96. The number of hydrogen-bond donors (Lipinski definition) is 1. The lowest BCUT2D eigenvalue weighted by Gasteiger charge is -1.97. The van der Waals surface area contributed by atoms with Crippen LogP contribution in [-0.2, 0) is 0 Å². The van der Waals surface area contributed by atoms with Gasteiger partial charge in [0.05, 0.1) is 5.69 Å². The molecule has 0 aromatic carbocycles. The highest BCUT2D eigenvalue weighted by molar-refractivity contribution is 5.86. The number of fused-ring (bicyclic) bond motifs is 1. The van der Waals surface area contributed by atoms with Gasteiger partial charge < -0.3 is 5.11 Å². The molecule has 2 heterocycles. The second-order valence-electron chi connectivity index (χ2n) is 3.88. The van der Waals surface area contributed by atoms with Gasteiger partial charge in [-0.25, -0.2) is 9.78 Å². The molecule has 3 rings (SSSR count). The van der Waals surface area contributed by atoms with Gasteiger partial charge in [-0.05, 0) is 25.0 Å². The zero-order valence-corrected chi connectivity index (χ0v) is 8.05. The van der Waals surface area contributed by atoms with E-state index in [4.69, 9.17) is 5.11 Å². The highest BCUT2D eigenvalue weighted by atomic mass is 16.4. The SMILES string of the molecule is O=C(O)c1cccc2nc(C3CC3)cn12. The number of aromatic carboxylic acids is 1. The Bertz CT molecular complexity index is 541. The van der Waals surface area contributed by atoms with Gasteiger partial charge >= 0.3 is 5.97 Å². The highest BCUT2D eigenvalue weighted by Crippen LogP contribution is 2.39. The van der Waals surface area contributed by atoms with E-state index in [0.29, 0.717) is 5.92 Å². The third-order valence-electron chi connectivity index (χ3n) is 2.73. The standard InChI is InChI=1S/C11H10N2O2/c14-11(15)9-2-1-3-10-12-8(6-13(9)10)7-4-5-7/h1-3,6-7H,4-5H2,(H,14,15). The third-order valence-corrected chi connectivity index (χ3v) is 2.73. The molecule has 4 nitrogen and oxygen atoms in total. The fourth-order valence-electron chi connectivity index (χ4n) is 1.78. The smallest absolute Gasteiger partial charge is 0.352 e. The van der Waals surface area contributed by atoms with E-state index in [2.05, 4.69) is 4.98 Å². The van der Waals surface area contributed by atoms with Crippen molar-refractivity contribution in [1.29, 1.82) is 0 Å². The molecule has 1 aliphatic rings. The van der Waals surface area contributed by atoms with E-state index in [9.17, 15) is 4.79 Å². The van der Waals surface area contributed by atoms with Crippen molar-refractivity contribution in [2.45, 2.75) is 18.8 Å². The van der Waals surface area contributed by atoms with E-state index in [0.717, 1.165) is 11.3 Å². The van der Waals surface area contributed by atoms with E-state index in [1.807, 2.05) is 12.3 Å². The molecule has 0 bridgehead atoms. The topological polar surface area (TPSA) is 54.6 Å². The number of carboxylic acids is 1. The molecule has 0 atom stereocenters. The number of hydrogen-bond acceptors (Lipinski definition) is 2. The summed E-state index contributed by atoms with van der Waals surface area (Å²) in [6.07, 6.45) is 4.19. The maximum atomic E-state index is 11.0. The Balaban J connectivity index is 2.23. The molecule has 0 radical (unpaired) electrons. The van der Waals surface area contributed by atoms with Gasteiger partial charge in [0.1, 0.15) is 11.3 Å². The van der Waals surface area contributed by atoms with Gasteiger partial charge in [0.15, 0.2) is 0 Å². The van der Waals surface area contributed by atoms with Crippen LogP contribution >= 0.6 is 0 Å². The summed E-state index contributed by atoms with van der Waals surface area (Å²) in [6.45, 7) is 0. The van der Waals surface area contributed by atoms with Crippen LogP contribution in [0.5, 0.6) is 0 Å². The molecule has 2 aromatic heterocycles. The fourth-order valence-corrected chi connectivity index (χ4v) is 1.78. The Morgan fingerprint density at radius 3 is 2.93 bits per heavy atom. The summed E-state index contributed by atoms with van der Waals surface area (Å²) in [5.41, 5.74) is 2.01. The van der Waals surface area contributed by atoms with Crippen molar-refractivity contribution in [2.75, 3.05) is 0 Å². The van der Waals surface area contributed by atoms with Gasteiger partial charge in [0, 0.05) is 12.1 Å². The summed E-state index contributed by atoms with van der Waals surface area (Å²) < 4.78 is 1.65. The number of rotatable bonds is 2. The van der Waals surface area contributed by atoms with E-state index >= 15 is 0 Å². The summed E-state index contributed by atoms with van der Waals surface area (Å²) in [4.78, 5) is 15.4. The predicted molar refractivity (Wildman–Crippen MR) is 54.1 cm³/mol. The second-order valence-corrected chi connectivity index (χ2v) is 3.88. The predicted octanol–water partition coefficient (Wildman–Crippen LogP) is 1.91. The lowest BCUT2D eigenvalue weighted by Crippen LogP contribution is -2.03. The molecular weight excluding hydrogens is 192 g/mol. The normalized spacial score (nSPS) is 15.7. The molecule has 76 valence electrons. The number of carbonyl (C=O) groups is 1. The summed E-state index contributed by atoms with van der Waals surface area (Å²) in [7, 11) is 0. The summed E-state index contributed by atoms with van der Waals surface area (Å²) in [5.74, 6) is -0.369. The van der Waals surface area contributed by atoms with Crippen molar-refractivity contribution in [3.05, 3.63) is 35.8 Å². The van der Waals surface area contributed by atoms with Gasteiger partial charge in [-0.15, -0.1) is 0 Å². The number of carboxylic acid groups (broad SMARTS) is 1. The van der Waals surface area contributed by atoms with Crippen LogP contribution < -0.4 is 0 Å². The Hall–Kier alpha value is -1.84. The van der Waals surface area contributed by atoms with Crippen molar-refractivity contribution in [3.63, 3.8) is 0 Å². The van der Waals surface area contributed by atoms with Crippen molar-refractivity contribution in [1.82, 2.24) is 9.38 Å². The lowest BCUT2D eigenvalue weighted by atomic mass is 10.3. The minimum atomic E-state index is -0.916. The Kier molecular flexibility index (Phi) is 1.59. The third kappa shape index (κ3) is 1.29. The molecule has 2 aromatic rings. The Morgan fingerprint density at radius 2 is 2.27 bits per heavy atom. The van der Waals surface area contributed by atoms with Gasteiger partial charge in [-0.2, -0.15) is 0 Å². The molecule has 1 N–H and O–H groups in total. The number of imidazole rings is 1. The van der Waals surface area contributed by atoms with Crippen molar-refractivity contribution in [2.24, 2.45) is 0 Å². The second kappa shape index (κ2) is 2.82. The largest absolute Gasteiger partial charge is 0.477 e. The van der Waals surface area contributed by atoms with Gasteiger partial charge in [0.25, 0.3) is 0 Å². The van der Waals surface area contributed by atoms with Crippen LogP contribution in [0.4, 0.5) is 0 Å². The molecule has 1 saturated carbocycles. The van der Waals surface area contributed by atoms with E-state index in [-0.39, 0.29) is 5.69 Å². The molecule has 4 heteroatoms. The minimum Gasteiger partial charge on any atom is -0.477 e. The molecule has 0 spiro atoms.